The molecule has 0 bridgehead atoms. The Labute approximate surface area is 109 Å². The molecule has 1 nitrogen and oxygen atoms in total. The SMILES string of the molecule is Cc1ccc(NC(c2ccccc2)C2CC2)cc1. The predicted molar refractivity (Wildman–Crippen MR) is 76.7 cm³/mol. The predicted octanol–water partition coefficient (Wildman–Crippen LogP) is 4.56. The highest BCUT2D eigenvalue weighted by molar-refractivity contribution is 5.47. The van der Waals surface area contributed by atoms with Gasteiger partial charge < -0.3 is 5.32 Å². The van der Waals surface area contributed by atoms with Gasteiger partial charge in [-0.1, -0.05) is 48.0 Å². The first-order chi connectivity index (χ1) is 8.83. The third kappa shape index (κ3) is 2.56. The van der Waals surface area contributed by atoms with Crippen molar-refractivity contribution < 1.29 is 0 Å². The van der Waals surface area contributed by atoms with E-state index in [1.54, 1.807) is 0 Å². The molecule has 0 aliphatic heterocycles. The molecule has 1 fully saturated rings. The van der Waals surface area contributed by atoms with E-state index in [9.17, 15) is 0 Å². The van der Waals surface area contributed by atoms with Crippen LogP contribution in [-0.2, 0) is 0 Å². The second kappa shape index (κ2) is 4.85. The lowest BCUT2D eigenvalue weighted by Gasteiger charge is -2.20. The molecule has 92 valence electrons. The van der Waals surface area contributed by atoms with E-state index in [1.165, 1.54) is 29.7 Å². The summed E-state index contributed by atoms with van der Waals surface area (Å²) in [4.78, 5) is 0. The highest BCUT2D eigenvalue weighted by Gasteiger charge is 2.32. The van der Waals surface area contributed by atoms with E-state index in [-0.39, 0.29) is 0 Å². The molecule has 2 aromatic carbocycles. The maximum atomic E-state index is 3.68. The van der Waals surface area contributed by atoms with Crippen molar-refractivity contribution in [3.05, 3.63) is 65.7 Å². The van der Waals surface area contributed by atoms with Crippen LogP contribution < -0.4 is 5.32 Å². The summed E-state index contributed by atoms with van der Waals surface area (Å²) in [7, 11) is 0. The summed E-state index contributed by atoms with van der Waals surface area (Å²) in [6, 6.07) is 19.9. The second-order valence-electron chi connectivity index (χ2n) is 5.24. The van der Waals surface area contributed by atoms with E-state index in [1.807, 2.05) is 0 Å². The lowest BCUT2D eigenvalue weighted by molar-refractivity contribution is 0.679. The van der Waals surface area contributed by atoms with Gasteiger partial charge in [-0.3, -0.25) is 0 Å². The molecule has 0 radical (unpaired) electrons. The van der Waals surface area contributed by atoms with Crippen molar-refractivity contribution in [3.63, 3.8) is 0 Å². The Bertz CT molecular complexity index is 497. The lowest BCUT2D eigenvalue weighted by atomic mass is 10.0. The van der Waals surface area contributed by atoms with Crippen molar-refractivity contribution in [2.24, 2.45) is 5.92 Å². The van der Waals surface area contributed by atoms with Crippen molar-refractivity contribution in [1.29, 1.82) is 0 Å². The minimum atomic E-state index is 0.467. The molecule has 2 aromatic rings. The van der Waals surface area contributed by atoms with Crippen molar-refractivity contribution >= 4 is 5.69 Å². The molecule has 1 aliphatic rings. The van der Waals surface area contributed by atoms with Gasteiger partial charge in [-0.15, -0.1) is 0 Å². The quantitative estimate of drug-likeness (QED) is 0.822. The number of aryl methyl sites for hydroxylation is 1. The van der Waals surface area contributed by atoms with Gasteiger partial charge in [0, 0.05) is 5.69 Å². The Hall–Kier alpha value is -1.76. The Morgan fingerprint density at radius 2 is 1.61 bits per heavy atom. The normalized spacial score (nSPS) is 16.3. The van der Waals surface area contributed by atoms with Crippen LogP contribution in [0.4, 0.5) is 5.69 Å². The highest BCUT2D eigenvalue weighted by Crippen LogP contribution is 2.42. The number of benzene rings is 2. The molecule has 1 heteroatoms. The van der Waals surface area contributed by atoms with Crippen LogP contribution in [0.15, 0.2) is 54.6 Å². The molecule has 0 aromatic heterocycles. The van der Waals surface area contributed by atoms with E-state index >= 15 is 0 Å². The van der Waals surface area contributed by atoms with Crippen molar-refractivity contribution in [2.75, 3.05) is 5.32 Å². The van der Waals surface area contributed by atoms with Crippen LogP contribution >= 0.6 is 0 Å². The van der Waals surface area contributed by atoms with Crippen LogP contribution in [0.5, 0.6) is 0 Å². The Kier molecular flexibility index (Phi) is 3.06. The summed E-state index contributed by atoms with van der Waals surface area (Å²) in [6.45, 7) is 2.12. The molecular weight excluding hydrogens is 218 g/mol. The van der Waals surface area contributed by atoms with Crippen LogP contribution in [0.2, 0.25) is 0 Å². The van der Waals surface area contributed by atoms with Gasteiger partial charge in [0.1, 0.15) is 0 Å². The zero-order chi connectivity index (χ0) is 12.4. The summed E-state index contributed by atoms with van der Waals surface area (Å²) in [5.74, 6) is 0.800. The topological polar surface area (TPSA) is 12.0 Å². The Morgan fingerprint density at radius 3 is 2.22 bits per heavy atom. The first kappa shape index (κ1) is 11.3. The lowest BCUT2D eigenvalue weighted by Crippen LogP contribution is -2.12. The van der Waals surface area contributed by atoms with Gasteiger partial charge in [0.2, 0.25) is 0 Å². The maximum absolute atomic E-state index is 3.68. The average molecular weight is 237 g/mol. The summed E-state index contributed by atoms with van der Waals surface area (Å²) >= 11 is 0. The third-order valence-corrected chi connectivity index (χ3v) is 3.63. The standard InChI is InChI=1S/C17H19N/c1-13-7-11-16(12-8-13)18-17(15-9-10-15)14-5-3-2-4-6-14/h2-8,11-12,15,17-18H,9-10H2,1H3. The number of hydrogen-bond acceptors (Lipinski definition) is 1. The van der Waals surface area contributed by atoms with Crippen LogP contribution in [0.25, 0.3) is 0 Å². The van der Waals surface area contributed by atoms with E-state index in [4.69, 9.17) is 0 Å². The monoisotopic (exact) mass is 237 g/mol. The van der Waals surface area contributed by atoms with Gasteiger partial charge >= 0.3 is 0 Å². The van der Waals surface area contributed by atoms with Crippen LogP contribution in [-0.4, -0.2) is 0 Å². The van der Waals surface area contributed by atoms with Crippen molar-refractivity contribution in [2.45, 2.75) is 25.8 Å². The molecule has 0 amide bonds. The van der Waals surface area contributed by atoms with Gasteiger partial charge in [-0.25, -0.2) is 0 Å². The Morgan fingerprint density at radius 1 is 0.944 bits per heavy atom. The van der Waals surface area contributed by atoms with Gasteiger partial charge in [0.05, 0.1) is 6.04 Å². The molecule has 0 spiro atoms. The minimum absolute atomic E-state index is 0.467. The van der Waals surface area contributed by atoms with Gasteiger partial charge in [-0.2, -0.15) is 0 Å². The molecular formula is C17H19N. The zero-order valence-corrected chi connectivity index (χ0v) is 10.8. The third-order valence-electron chi connectivity index (χ3n) is 3.63. The maximum Gasteiger partial charge on any atom is 0.0542 e. The summed E-state index contributed by atoms with van der Waals surface area (Å²) < 4.78 is 0. The second-order valence-corrected chi connectivity index (χ2v) is 5.24. The van der Waals surface area contributed by atoms with E-state index in [2.05, 4.69) is 66.8 Å². The molecule has 1 N–H and O–H groups in total. The van der Waals surface area contributed by atoms with E-state index < -0.39 is 0 Å². The minimum Gasteiger partial charge on any atom is -0.378 e. The van der Waals surface area contributed by atoms with Crippen LogP contribution in [0.1, 0.15) is 30.0 Å². The summed E-state index contributed by atoms with van der Waals surface area (Å²) in [6.07, 6.45) is 2.69. The molecule has 18 heavy (non-hydrogen) atoms. The molecule has 1 unspecified atom stereocenters. The summed E-state index contributed by atoms with van der Waals surface area (Å²) in [5.41, 5.74) is 3.94. The average Bonchev–Trinajstić information content (AvgIpc) is 3.23. The summed E-state index contributed by atoms with van der Waals surface area (Å²) in [5, 5.41) is 3.68. The van der Waals surface area contributed by atoms with E-state index in [0.29, 0.717) is 6.04 Å². The molecule has 0 saturated heterocycles. The van der Waals surface area contributed by atoms with Crippen LogP contribution in [0, 0.1) is 12.8 Å². The Balaban J connectivity index is 1.81. The first-order valence-electron chi connectivity index (χ1n) is 6.71. The zero-order valence-electron chi connectivity index (χ0n) is 10.8. The largest absolute Gasteiger partial charge is 0.378 e. The number of nitrogens with one attached hydrogen (secondary N) is 1. The highest BCUT2D eigenvalue weighted by atomic mass is 14.9. The fourth-order valence-corrected chi connectivity index (χ4v) is 2.39. The fourth-order valence-electron chi connectivity index (χ4n) is 2.39. The molecule has 1 saturated carbocycles. The molecule has 0 heterocycles. The van der Waals surface area contributed by atoms with Gasteiger partial charge in [-0.05, 0) is 43.4 Å². The van der Waals surface area contributed by atoms with Crippen molar-refractivity contribution in [3.8, 4) is 0 Å². The smallest absolute Gasteiger partial charge is 0.0542 e. The van der Waals surface area contributed by atoms with Crippen molar-refractivity contribution in [1.82, 2.24) is 0 Å². The molecule has 3 rings (SSSR count). The molecule has 1 atom stereocenters. The van der Waals surface area contributed by atoms with Gasteiger partial charge in [0.15, 0.2) is 0 Å². The van der Waals surface area contributed by atoms with Gasteiger partial charge in [0.25, 0.3) is 0 Å². The van der Waals surface area contributed by atoms with E-state index in [0.717, 1.165) is 5.92 Å². The number of hydrogen-bond donors (Lipinski definition) is 1. The van der Waals surface area contributed by atoms with Crippen LogP contribution in [0.3, 0.4) is 0 Å². The fraction of sp³-hybridized carbons (Fsp3) is 0.294. The molecule has 1 aliphatic carbocycles. The first-order valence-corrected chi connectivity index (χ1v) is 6.71. The number of anilines is 1. The number of rotatable bonds is 4.